The highest BCUT2D eigenvalue weighted by Crippen LogP contribution is 2.62. The van der Waals surface area contributed by atoms with Gasteiger partial charge < -0.3 is 5.11 Å². The summed E-state index contributed by atoms with van der Waals surface area (Å²) in [6.45, 7) is 1.64. The molecule has 8 rings (SSSR count). The first-order valence-electron chi connectivity index (χ1n) is 16.4. The van der Waals surface area contributed by atoms with Crippen molar-refractivity contribution in [3.63, 3.8) is 0 Å². The van der Waals surface area contributed by atoms with Crippen molar-refractivity contribution in [3.8, 4) is 11.4 Å². The number of para-hydroxylation sites is 1. The number of hydrogen-bond acceptors (Lipinski definition) is 7. The maximum absolute atomic E-state index is 15.2. The van der Waals surface area contributed by atoms with Crippen LogP contribution in [0.3, 0.4) is 0 Å². The predicted octanol–water partition coefficient (Wildman–Crippen LogP) is 6.15. The number of halogens is 5. The number of allylic oxidation sites excluding steroid dienone is 2. The minimum atomic E-state index is -4.75. The van der Waals surface area contributed by atoms with Crippen molar-refractivity contribution in [3.05, 3.63) is 150 Å². The number of carbonyl (C=O) groups is 2. The fourth-order valence-electron chi connectivity index (χ4n) is 8.08. The normalized spacial score (nSPS) is 22.3. The van der Waals surface area contributed by atoms with Gasteiger partial charge in [0.15, 0.2) is 5.82 Å². The number of imide groups is 1. The Balaban J connectivity index is 1.36. The number of alkyl halides is 3. The standard InChI is InChI=1S/C37H27Cl2F3N6O5/c1-19-15-20(7-12-29(19)49)30-25-13-14-45-34(52)46(24-5-3-2-4-6-24)35(53)48(45)28(25)17-26-32(50)47(33(51)36(26,30)21-8-10-23(38)11-9-21)44-31-27(39)16-22(18-43-31)37(40,41)42/h2-13,15-16,18,26,28,30,49H,14,17H2,1H3,(H,43,44). The van der Waals surface area contributed by atoms with Crippen LogP contribution in [0.25, 0.3) is 5.69 Å². The van der Waals surface area contributed by atoms with E-state index >= 15 is 4.79 Å². The molecular formula is C37H27Cl2F3N6O5. The highest BCUT2D eigenvalue weighted by Gasteiger charge is 2.69. The van der Waals surface area contributed by atoms with Crippen LogP contribution in [-0.4, -0.2) is 40.8 Å². The largest absolute Gasteiger partial charge is 0.508 e. The number of hydrazine groups is 1. The summed E-state index contributed by atoms with van der Waals surface area (Å²) in [4.78, 5) is 61.8. The molecule has 2 aromatic heterocycles. The van der Waals surface area contributed by atoms with E-state index < -0.39 is 63.2 Å². The van der Waals surface area contributed by atoms with Gasteiger partial charge in [-0.1, -0.05) is 71.7 Å². The number of aryl methyl sites for hydroxylation is 1. The smallest absolute Gasteiger partial charge is 0.417 e. The van der Waals surface area contributed by atoms with E-state index in [1.807, 2.05) is 0 Å². The second-order valence-electron chi connectivity index (χ2n) is 13.2. The molecule has 11 nitrogen and oxygen atoms in total. The number of aromatic hydroxyl groups is 1. The van der Waals surface area contributed by atoms with Crippen LogP contribution in [0.2, 0.25) is 10.0 Å². The first-order valence-corrected chi connectivity index (χ1v) is 17.1. The van der Waals surface area contributed by atoms with E-state index in [0.29, 0.717) is 50.2 Å². The quantitative estimate of drug-likeness (QED) is 0.162. The van der Waals surface area contributed by atoms with Gasteiger partial charge in [0.25, 0.3) is 11.8 Å². The molecular weight excluding hydrogens is 736 g/mol. The zero-order chi connectivity index (χ0) is 37.6. The molecule has 3 aliphatic rings. The summed E-state index contributed by atoms with van der Waals surface area (Å²) in [5, 5.41) is 11.1. The Morgan fingerprint density at radius 1 is 0.943 bits per heavy atom. The van der Waals surface area contributed by atoms with Gasteiger partial charge in [0.2, 0.25) is 0 Å². The highest BCUT2D eigenvalue weighted by molar-refractivity contribution is 6.33. The van der Waals surface area contributed by atoms with Crippen LogP contribution < -0.4 is 16.8 Å². The monoisotopic (exact) mass is 762 g/mol. The van der Waals surface area contributed by atoms with Crippen LogP contribution in [0, 0.1) is 12.8 Å². The van der Waals surface area contributed by atoms with Crippen molar-refractivity contribution < 1.29 is 27.9 Å². The number of rotatable bonds is 5. The van der Waals surface area contributed by atoms with Gasteiger partial charge >= 0.3 is 17.6 Å². The molecule has 270 valence electrons. The summed E-state index contributed by atoms with van der Waals surface area (Å²) < 4.78 is 44.0. The Kier molecular flexibility index (Phi) is 7.96. The zero-order valence-corrected chi connectivity index (χ0v) is 29.0. The van der Waals surface area contributed by atoms with Gasteiger partial charge in [-0.05, 0) is 72.0 Å². The van der Waals surface area contributed by atoms with E-state index in [9.17, 15) is 32.7 Å². The Morgan fingerprint density at radius 2 is 1.66 bits per heavy atom. The number of phenolic OH excluding ortho intramolecular Hbond substituents is 1. The van der Waals surface area contributed by atoms with Crippen molar-refractivity contribution in [1.82, 2.24) is 23.9 Å². The fourth-order valence-corrected chi connectivity index (χ4v) is 8.41. The Morgan fingerprint density at radius 3 is 2.32 bits per heavy atom. The Labute approximate surface area is 308 Å². The van der Waals surface area contributed by atoms with Crippen molar-refractivity contribution in [2.75, 3.05) is 5.43 Å². The molecule has 0 spiro atoms. The summed E-state index contributed by atoms with van der Waals surface area (Å²) in [6.07, 6.45) is -2.56. The molecule has 2 amide bonds. The molecule has 0 bridgehead atoms. The van der Waals surface area contributed by atoms with Crippen LogP contribution >= 0.6 is 23.2 Å². The lowest BCUT2D eigenvalue weighted by molar-refractivity contribution is -0.139. The van der Waals surface area contributed by atoms with E-state index in [1.165, 1.54) is 15.4 Å². The summed E-state index contributed by atoms with van der Waals surface area (Å²) in [5.41, 5.74) is 0.809. The number of nitrogens with zero attached hydrogens (tertiary/aromatic N) is 5. The van der Waals surface area contributed by atoms with Crippen LogP contribution in [-0.2, 0) is 27.7 Å². The van der Waals surface area contributed by atoms with E-state index in [-0.39, 0.29) is 24.5 Å². The number of aromatic nitrogens is 4. The van der Waals surface area contributed by atoms with Crippen LogP contribution in [0.15, 0.2) is 106 Å². The molecule has 2 aliphatic heterocycles. The SMILES string of the molecule is Cc1cc(C2C3=CCn4c(=O)n(-c5ccccc5)c(=O)n4C3CC3C(=O)N(Nc4ncc(C(F)(F)F)cc4Cl)C(=O)C32c2ccc(Cl)cc2)ccc1O. The average molecular weight is 764 g/mol. The predicted molar refractivity (Wildman–Crippen MR) is 188 cm³/mol. The topological polar surface area (TPSA) is 131 Å². The lowest BCUT2D eigenvalue weighted by Gasteiger charge is -2.49. The summed E-state index contributed by atoms with van der Waals surface area (Å²) >= 11 is 12.5. The molecule has 53 heavy (non-hydrogen) atoms. The minimum absolute atomic E-state index is 0.0130. The van der Waals surface area contributed by atoms with Gasteiger partial charge in [0, 0.05) is 17.1 Å². The number of phenols is 1. The van der Waals surface area contributed by atoms with Crippen molar-refractivity contribution in [2.24, 2.45) is 5.92 Å². The number of fused-ring (bicyclic) bond motifs is 4. The molecule has 4 unspecified atom stereocenters. The molecule has 2 fully saturated rings. The fraction of sp³-hybridized carbons (Fsp3) is 0.216. The number of amides is 2. The Bertz CT molecular complexity index is 2500. The second-order valence-corrected chi connectivity index (χ2v) is 14.0. The second kappa shape index (κ2) is 12.2. The van der Waals surface area contributed by atoms with Gasteiger partial charge in [-0.3, -0.25) is 15.0 Å². The number of benzene rings is 3. The molecule has 3 aromatic carbocycles. The van der Waals surface area contributed by atoms with Gasteiger partial charge in [0.05, 0.1) is 40.2 Å². The molecule has 5 aromatic rings. The van der Waals surface area contributed by atoms with Crippen LogP contribution in [0.5, 0.6) is 5.75 Å². The van der Waals surface area contributed by atoms with Crippen molar-refractivity contribution in [2.45, 2.75) is 43.4 Å². The highest BCUT2D eigenvalue weighted by atomic mass is 35.5. The molecule has 1 aliphatic carbocycles. The number of carbonyl (C=O) groups excluding carboxylic acids is 2. The number of nitrogens with one attached hydrogen (secondary N) is 1. The van der Waals surface area contributed by atoms with E-state index in [4.69, 9.17) is 23.2 Å². The van der Waals surface area contributed by atoms with E-state index in [1.54, 1.807) is 79.7 Å². The van der Waals surface area contributed by atoms with Crippen LogP contribution in [0.4, 0.5) is 19.0 Å². The molecule has 1 saturated heterocycles. The number of anilines is 1. The average Bonchev–Trinajstić information content (AvgIpc) is 3.51. The van der Waals surface area contributed by atoms with E-state index in [2.05, 4.69) is 10.4 Å². The first kappa shape index (κ1) is 34.5. The van der Waals surface area contributed by atoms with Crippen molar-refractivity contribution >= 4 is 40.8 Å². The van der Waals surface area contributed by atoms with Crippen LogP contribution in [0.1, 0.15) is 40.6 Å². The molecule has 4 atom stereocenters. The maximum atomic E-state index is 15.2. The van der Waals surface area contributed by atoms with Gasteiger partial charge in [-0.25, -0.2) is 28.5 Å². The summed E-state index contributed by atoms with van der Waals surface area (Å²) in [6, 6.07) is 19.3. The number of pyridine rings is 1. The zero-order valence-electron chi connectivity index (χ0n) is 27.5. The van der Waals surface area contributed by atoms with Crippen molar-refractivity contribution in [1.29, 1.82) is 0 Å². The summed E-state index contributed by atoms with van der Waals surface area (Å²) in [5.74, 6) is -4.10. The maximum Gasteiger partial charge on any atom is 0.417 e. The molecule has 16 heteroatoms. The van der Waals surface area contributed by atoms with Gasteiger partial charge in [-0.15, -0.1) is 0 Å². The lowest BCUT2D eigenvalue weighted by Crippen LogP contribution is -2.53. The third-order valence-electron chi connectivity index (χ3n) is 10.4. The number of hydrogen-bond donors (Lipinski definition) is 2. The van der Waals surface area contributed by atoms with Gasteiger partial charge in [-0.2, -0.15) is 18.2 Å². The van der Waals surface area contributed by atoms with E-state index in [0.717, 1.165) is 4.57 Å². The Hall–Kier alpha value is -5.60. The third kappa shape index (κ3) is 5.14. The summed E-state index contributed by atoms with van der Waals surface area (Å²) in [7, 11) is 0. The molecule has 1 saturated carbocycles. The molecule has 0 radical (unpaired) electrons. The van der Waals surface area contributed by atoms with Gasteiger partial charge in [0.1, 0.15) is 5.75 Å². The molecule has 2 N–H and O–H groups in total. The third-order valence-corrected chi connectivity index (χ3v) is 10.9. The minimum Gasteiger partial charge on any atom is -0.508 e. The lowest BCUT2D eigenvalue weighted by atomic mass is 9.53. The first-order chi connectivity index (χ1) is 25.2. The molecule has 4 heterocycles.